The molecule has 0 spiro atoms. The number of thioether (sulfide) groups is 1. The van der Waals surface area contributed by atoms with Crippen molar-refractivity contribution in [3.05, 3.63) is 61.2 Å². The van der Waals surface area contributed by atoms with Crippen LogP contribution in [0.25, 0.3) is 0 Å². The summed E-state index contributed by atoms with van der Waals surface area (Å²) in [7, 11) is 0. The zero-order chi connectivity index (χ0) is 14.6. The largest absolute Gasteiger partial charge is 0.465 e. The smallest absolute Gasteiger partial charge is 0.114 e. The highest BCUT2D eigenvalue weighted by molar-refractivity contribution is 7.98. The lowest BCUT2D eigenvalue weighted by Gasteiger charge is -2.15. The molecule has 3 nitrogen and oxygen atoms in total. The second-order valence-corrected chi connectivity index (χ2v) is 5.43. The highest BCUT2D eigenvalue weighted by Crippen LogP contribution is 2.15. The molecule has 1 aromatic heterocycles. The molecule has 4 heteroatoms. The van der Waals surface area contributed by atoms with Crippen LogP contribution in [0.2, 0.25) is 0 Å². The molecule has 0 unspecified atom stereocenters. The van der Waals surface area contributed by atoms with Crippen molar-refractivity contribution in [1.82, 2.24) is 4.90 Å². The lowest BCUT2D eigenvalue weighted by Crippen LogP contribution is -2.16. The molecule has 0 aromatic carbocycles. The quantitative estimate of drug-likeness (QED) is 0.502. The monoisotopic (exact) mass is 292 g/mol. The van der Waals surface area contributed by atoms with E-state index in [0.29, 0.717) is 6.54 Å². The van der Waals surface area contributed by atoms with Crippen molar-refractivity contribution < 1.29 is 4.42 Å². The minimum absolute atomic E-state index is 0.712. The number of furan rings is 1. The van der Waals surface area contributed by atoms with Crippen molar-refractivity contribution in [3.8, 4) is 0 Å². The van der Waals surface area contributed by atoms with Gasteiger partial charge in [-0.3, -0.25) is 0 Å². The fourth-order valence-corrected chi connectivity index (χ4v) is 2.38. The SMILES string of the molecule is C=CCN(C=CCc1ccc(CSCCN)o1)CC=C. The fraction of sp³-hybridized carbons (Fsp3) is 0.375. The van der Waals surface area contributed by atoms with Gasteiger partial charge in [0.2, 0.25) is 0 Å². The summed E-state index contributed by atoms with van der Waals surface area (Å²) in [5.74, 6) is 3.86. The van der Waals surface area contributed by atoms with Gasteiger partial charge in [-0.1, -0.05) is 18.2 Å². The Morgan fingerprint density at radius 1 is 1.20 bits per heavy atom. The number of nitrogens with zero attached hydrogens (tertiary/aromatic N) is 1. The van der Waals surface area contributed by atoms with Gasteiger partial charge in [0.15, 0.2) is 0 Å². The van der Waals surface area contributed by atoms with Crippen LogP contribution in [-0.2, 0) is 12.2 Å². The van der Waals surface area contributed by atoms with Crippen LogP contribution in [-0.4, -0.2) is 30.3 Å². The van der Waals surface area contributed by atoms with Crippen LogP contribution in [0.5, 0.6) is 0 Å². The Morgan fingerprint density at radius 2 is 1.90 bits per heavy atom. The van der Waals surface area contributed by atoms with Crippen LogP contribution in [0.3, 0.4) is 0 Å². The summed E-state index contributed by atoms with van der Waals surface area (Å²) in [5, 5.41) is 0. The van der Waals surface area contributed by atoms with Gasteiger partial charge in [-0.2, -0.15) is 11.8 Å². The average Bonchev–Trinajstić information content (AvgIpc) is 2.87. The van der Waals surface area contributed by atoms with E-state index in [4.69, 9.17) is 10.2 Å². The number of hydrogen-bond donors (Lipinski definition) is 1. The van der Waals surface area contributed by atoms with E-state index in [1.54, 1.807) is 11.8 Å². The molecule has 1 rings (SSSR count). The standard InChI is InChI=1S/C16H24N2OS/c1-3-10-18(11-4-2)12-5-6-15-7-8-16(19-15)14-20-13-9-17/h3-5,7-8,12H,1-2,6,9-11,13-14,17H2. The average molecular weight is 292 g/mol. The molecule has 0 bridgehead atoms. The van der Waals surface area contributed by atoms with Crippen molar-refractivity contribution in [2.75, 3.05) is 25.4 Å². The highest BCUT2D eigenvalue weighted by atomic mass is 32.2. The Morgan fingerprint density at radius 3 is 2.55 bits per heavy atom. The molecular formula is C16H24N2OS. The summed E-state index contributed by atoms with van der Waals surface area (Å²) in [6.45, 7) is 9.85. The minimum Gasteiger partial charge on any atom is -0.465 e. The Labute approximate surface area is 126 Å². The summed E-state index contributed by atoms with van der Waals surface area (Å²) in [6, 6.07) is 4.08. The molecule has 0 aliphatic rings. The Kier molecular flexibility index (Phi) is 8.67. The third kappa shape index (κ3) is 6.68. The van der Waals surface area contributed by atoms with E-state index < -0.39 is 0 Å². The van der Waals surface area contributed by atoms with Crippen LogP contribution >= 0.6 is 11.8 Å². The van der Waals surface area contributed by atoms with Gasteiger partial charge in [0.05, 0.1) is 5.75 Å². The maximum absolute atomic E-state index is 5.76. The molecular weight excluding hydrogens is 268 g/mol. The molecule has 0 aliphatic carbocycles. The topological polar surface area (TPSA) is 42.4 Å². The third-order valence-corrected chi connectivity index (χ3v) is 3.60. The van der Waals surface area contributed by atoms with E-state index in [1.165, 1.54) is 0 Å². The van der Waals surface area contributed by atoms with E-state index in [0.717, 1.165) is 42.5 Å². The molecule has 1 heterocycles. The Hall–Kier alpha value is -1.39. The number of nitrogens with two attached hydrogens (primary N) is 1. The van der Waals surface area contributed by atoms with E-state index in [1.807, 2.05) is 24.3 Å². The van der Waals surface area contributed by atoms with E-state index >= 15 is 0 Å². The molecule has 0 amide bonds. The van der Waals surface area contributed by atoms with Gasteiger partial charge < -0.3 is 15.1 Å². The number of rotatable bonds is 11. The third-order valence-electron chi connectivity index (χ3n) is 2.59. The van der Waals surface area contributed by atoms with Crippen molar-refractivity contribution in [2.24, 2.45) is 5.73 Å². The first-order chi connectivity index (χ1) is 9.80. The van der Waals surface area contributed by atoms with Gasteiger partial charge in [-0.15, -0.1) is 13.2 Å². The van der Waals surface area contributed by atoms with Crippen LogP contribution in [0.1, 0.15) is 11.5 Å². The first-order valence-corrected chi connectivity index (χ1v) is 7.93. The lowest BCUT2D eigenvalue weighted by atomic mass is 10.3. The maximum atomic E-state index is 5.76. The predicted molar refractivity (Wildman–Crippen MR) is 88.7 cm³/mol. The first-order valence-electron chi connectivity index (χ1n) is 6.78. The molecule has 20 heavy (non-hydrogen) atoms. The van der Waals surface area contributed by atoms with Crippen molar-refractivity contribution in [3.63, 3.8) is 0 Å². The molecule has 0 aliphatic heterocycles. The van der Waals surface area contributed by atoms with Crippen molar-refractivity contribution >= 4 is 11.8 Å². The molecule has 0 saturated carbocycles. The summed E-state index contributed by atoms with van der Waals surface area (Å²) in [5.41, 5.74) is 5.46. The summed E-state index contributed by atoms with van der Waals surface area (Å²) >= 11 is 1.79. The maximum Gasteiger partial charge on any atom is 0.114 e. The first kappa shape index (κ1) is 16.7. The van der Waals surface area contributed by atoms with E-state index in [2.05, 4.69) is 30.3 Å². The molecule has 0 radical (unpaired) electrons. The Bertz CT molecular complexity index is 416. The number of allylic oxidation sites excluding steroid dienone is 1. The van der Waals surface area contributed by atoms with E-state index in [-0.39, 0.29) is 0 Å². The molecule has 2 N–H and O–H groups in total. The molecule has 0 saturated heterocycles. The number of hydrogen-bond acceptors (Lipinski definition) is 4. The predicted octanol–water partition coefficient (Wildman–Crippen LogP) is 3.20. The van der Waals surface area contributed by atoms with Gasteiger partial charge >= 0.3 is 0 Å². The van der Waals surface area contributed by atoms with Crippen molar-refractivity contribution in [2.45, 2.75) is 12.2 Å². The van der Waals surface area contributed by atoms with Gasteiger partial charge in [0.1, 0.15) is 11.5 Å². The minimum atomic E-state index is 0.712. The molecule has 0 atom stereocenters. The summed E-state index contributed by atoms with van der Waals surface area (Å²) in [4.78, 5) is 2.14. The van der Waals surface area contributed by atoms with Gasteiger partial charge in [0.25, 0.3) is 0 Å². The molecule has 0 fully saturated rings. The normalized spacial score (nSPS) is 10.8. The zero-order valence-corrected chi connectivity index (χ0v) is 12.8. The highest BCUT2D eigenvalue weighted by Gasteiger charge is 2.01. The lowest BCUT2D eigenvalue weighted by molar-refractivity contribution is 0.458. The molecule has 1 aromatic rings. The van der Waals surface area contributed by atoms with Crippen LogP contribution in [0, 0.1) is 0 Å². The van der Waals surface area contributed by atoms with Gasteiger partial charge in [-0.25, -0.2) is 0 Å². The van der Waals surface area contributed by atoms with Gasteiger partial charge in [0, 0.05) is 31.8 Å². The second-order valence-electron chi connectivity index (χ2n) is 4.33. The zero-order valence-electron chi connectivity index (χ0n) is 12.0. The van der Waals surface area contributed by atoms with Crippen LogP contribution in [0.15, 0.2) is 54.1 Å². The second kappa shape index (κ2) is 10.4. The van der Waals surface area contributed by atoms with Crippen LogP contribution < -0.4 is 5.73 Å². The summed E-state index contributed by atoms with van der Waals surface area (Å²) < 4.78 is 5.76. The van der Waals surface area contributed by atoms with E-state index in [9.17, 15) is 0 Å². The summed E-state index contributed by atoms with van der Waals surface area (Å²) in [6.07, 6.45) is 8.73. The molecule has 110 valence electrons. The Balaban J connectivity index is 2.39. The van der Waals surface area contributed by atoms with Crippen LogP contribution in [0.4, 0.5) is 0 Å². The van der Waals surface area contributed by atoms with Gasteiger partial charge in [-0.05, 0) is 18.3 Å². The fourth-order valence-electron chi connectivity index (χ4n) is 1.71. The van der Waals surface area contributed by atoms with Crippen molar-refractivity contribution in [1.29, 1.82) is 0 Å².